The lowest BCUT2D eigenvalue weighted by Crippen LogP contribution is -2.23. The topological polar surface area (TPSA) is 29.1 Å². The SMILES string of the molecule is CCCCCCC(=O)NCCCCC. The first kappa shape index (κ1) is 13.5. The molecule has 0 heterocycles. The summed E-state index contributed by atoms with van der Waals surface area (Å²) < 4.78 is 0. The molecule has 14 heavy (non-hydrogen) atoms. The van der Waals surface area contributed by atoms with Crippen LogP contribution in [0.25, 0.3) is 0 Å². The van der Waals surface area contributed by atoms with E-state index < -0.39 is 0 Å². The molecule has 1 amide bonds. The predicted octanol–water partition coefficient (Wildman–Crippen LogP) is 3.26. The molecule has 0 aromatic carbocycles. The van der Waals surface area contributed by atoms with Crippen LogP contribution in [0.4, 0.5) is 0 Å². The summed E-state index contributed by atoms with van der Waals surface area (Å²) in [7, 11) is 0. The summed E-state index contributed by atoms with van der Waals surface area (Å²) in [5.41, 5.74) is 0. The van der Waals surface area contributed by atoms with Crippen molar-refractivity contribution < 1.29 is 4.79 Å². The third kappa shape index (κ3) is 9.56. The highest BCUT2D eigenvalue weighted by atomic mass is 16.1. The number of carbonyl (C=O) groups excluding carboxylic acids is 1. The average Bonchev–Trinajstić information content (AvgIpc) is 2.19. The van der Waals surface area contributed by atoms with E-state index >= 15 is 0 Å². The molecule has 1 N–H and O–H groups in total. The summed E-state index contributed by atoms with van der Waals surface area (Å²) in [4.78, 5) is 11.3. The number of carbonyl (C=O) groups is 1. The van der Waals surface area contributed by atoms with Gasteiger partial charge in [-0.25, -0.2) is 0 Å². The van der Waals surface area contributed by atoms with Gasteiger partial charge in [-0.2, -0.15) is 0 Å². The highest BCUT2D eigenvalue weighted by Crippen LogP contribution is 2.02. The van der Waals surface area contributed by atoms with Gasteiger partial charge in [0.05, 0.1) is 0 Å². The molecule has 0 aliphatic rings. The fourth-order valence-electron chi connectivity index (χ4n) is 1.40. The Kier molecular flexibility index (Phi) is 10.2. The van der Waals surface area contributed by atoms with Crippen molar-refractivity contribution in [3.05, 3.63) is 0 Å². The van der Waals surface area contributed by atoms with Gasteiger partial charge in [0.1, 0.15) is 0 Å². The smallest absolute Gasteiger partial charge is 0.219 e. The van der Waals surface area contributed by atoms with Gasteiger partial charge in [-0.3, -0.25) is 4.79 Å². The van der Waals surface area contributed by atoms with Crippen LogP contribution < -0.4 is 5.32 Å². The second-order valence-corrected chi connectivity index (χ2v) is 3.87. The standard InChI is InChI=1S/C12H25NO/c1-3-5-7-8-10-12(14)13-11-9-6-4-2/h3-11H2,1-2H3,(H,13,14). The van der Waals surface area contributed by atoms with Crippen LogP contribution in [0.5, 0.6) is 0 Å². The average molecular weight is 199 g/mol. The first-order chi connectivity index (χ1) is 6.81. The number of amides is 1. The van der Waals surface area contributed by atoms with E-state index in [4.69, 9.17) is 0 Å². The van der Waals surface area contributed by atoms with E-state index in [2.05, 4.69) is 19.2 Å². The minimum Gasteiger partial charge on any atom is -0.356 e. The zero-order valence-corrected chi connectivity index (χ0v) is 9.77. The van der Waals surface area contributed by atoms with Gasteiger partial charge in [0.2, 0.25) is 5.91 Å². The van der Waals surface area contributed by atoms with E-state index in [1.807, 2.05) is 0 Å². The summed E-state index contributed by atoms with van der Waals surface area (Å²) in [6.07, 6.45) is 9.00. The largest absolute Gasteiger partial charge is 0.356 e. The molecule has 2 nitrogen and oxygen atoms in total. The van der Waals surface area contributed by atoms with E-state index in [9.17, 15) is 4.79 Å². The second-order valence-electron chi connectivity index (χ2n) is 3.87. The van der Waals surface area contributed by atoms with Crippen LogP contribution in [-0.4, -0.2) is 12.5 Å². The predicted molar refractivity (Wildman–Crippen MR) is 61.3 cm³/mol. The van der Waals surface area contributed by atoms with Gasteiger partial charge >= 0.3 is 0 Å². The number of unbranched alkanes of at least 4 members (excludes halogenated alkanes) is 5. The second kappa shape index (κ2) is 10.6. The van der Waals surface area contributed by atoms with Gasteiger partial charge in [-0.05, 0) is 12.8 Å². The Bertz CT molecular complexity index is 120. The molecule has 2 heteroatoms. The van der Waals surface area contributed by atoms with Crippen LogP contribution in [-0.2, 0) is 4.79 Å². The maximum Gasteiger partial charge on any atom is 0.219 e. The highest BCUT2D eigenvalue weighted by molar-refractivity contribution is 5.75. The zero-order chi connectivity index (χ0) is 10.6. The molecule has 0 spiro atoms. The molecule has 84 valence electrons. The summed E-state index contributed by atoms with van der Waals surface area (Å²) in [6.45, 7) is 5.22. The van der Waals surface area contributed by atoms with Crippen LogP contribution in [0, 0.1) is 0 Å². The molecule has 0 fully saturated rings. The van der Waals surface area contributed by atoms with Crippen LogP contribution in [0.1, 0.15) is 65.2 Å². The van der Waals surface area contributed by atoms with Gasteiger partial charge in [-0.15, -0.1) is 0 Å². The van der Waals surface area contributed by atoms with Crippen molar-refractivity contribution >= 4 is 5.91 Å². The number of nitrogens with one attached hydrogen (secondary N) is 1. The molecule has 0 aromatic rings. The number of rotatable bonds is 9. The third-order valence-corrected chi connectivity index (χ3v) is 2.36. The maximum absolute atomic E-state index is 11.3. The van der Waals surface area contributed by atoms with Gasteiger partial charge in [0.25, 0.3) is 0 Å². The van der Waals surface area contributed by atoms with Crippen molar-refractivity contribution in [2.45, 2.75) is 65.2 Å². The Morgan fingerprint density at radius 2 is 1.57 bits per heavy atom. The highest BCUT2D eigenvalue weighted by Gasteiger charge is 1.99. The van der Waals surface area contributed by atoms with Gasteiger partial charge in [-0.1, -0.05) is 46.0 Å². The van der Waals surface area contributed by atoms with Gasteiger partial charge in [0.15, 0.2) is 0 Å². The molecule has 0 unspecified atom stereocenters. The molecule has 0 atom stereocenters. The van der Waals surface area contributed by atoms with Gasteiger partial charge in [0, 0.05) is 13.0 Å². The maximum atomic E-state index is 11.3. The first-order valence-corrected chi connectivity index (χ1v) is 6.08. The Morgan fingerprint density at radius 3 is 2.21 bits per heavy atom. The van der Waals surface area contributed by atoms with Crippen molar-refractivity contribution in [1.82, 2.24) is 5.32 Å². The first-order valence-electron chi connectivity index (χ1n) is 6.08. The van der Waals surface area contributed by atoms with Crippen LogP contribution in [0.3, 0.4) is 0 Å². The minimum absolute atomic E-state index is 0.234. The molecular formula is C12H25NO. The van der Waals surface area contributed by atoms with Crippen molar-refractivity contribution in [2.24, 2.45) is 0 Å². The van der Waals surface area contributed by atoms with E-state index in [0.29, 0.717) is 6.42 Å². The van der Waals surface area contributed by atoms with Crippen LogP contribution in [0.15, 0.2) is 0 Å². The van der Waals surface area contributed by atoms with Crippen molar-refractivity contribution in [3.63, 3.8) is 0 Å². The zero-order valence-electron chi connectivity index (χ0n) is 9.77. The molecule has 0 bridgehead atoms. The Morgan fingerprint density at radius 1 is 0.929 bits per heavy atom. The molecule has 0 radical (unpaired) electrons. The normalized spacial score (nSPS) is 10.1. The minimum atomic E-state index is 0.234. The lowest BCUT2D eigenvalue weighted by atomic mass is 10.1. The van der Waals surface area contributed by atoms with Crippen LogP contribution in [0.2, 0.25) is 0 Å². The number of hydrogen-bond acceptors (Lipinski definition) is 1. The fourth-order valence-corrected chi connectivity index (χ4v) is 1.40. The molecule has 0 saturated carbocycles. The molecule has 0 aromatic heterocycles. The van der Waals surface area contributed by atoms with E-state index in [0.717, 1.165) is 19.4 Å². The molecule has 0 rings (SSSR count). The molecule has 0 aliphatic heterocycles. The van der Waals surface area contributed by atoms with Crippen LogP contribution >= 0.6 is 0 Å². The molecule has 0 saturated heterocycles. The van der Waals surface area contributed by atoms with Gasteiger partial charge < -0.3 is 5.32 Å². The molecular weight excluding hydrogens is 174 g/mol. The van der Waals surface area contributed by atoms with Crippen molar-refractivity contribution in [1.29, 1.82) is 0 Å². The lowest BCUT2D eigenvalue weighted by Gasteiger charge is -2.03. The summed E-state index contributed by atoms with van der Waals surface area (Å²) in [5, 5.41) is 2.96. The Hall–Kier alpha value is -0.530. The summed E-state index contributed by atoms with van der Waals surface area (Å²) in [5.74, 6) is 0.234. The van der Waals surface area contributed by atoms with Crippen molar-refractivity contribution in [2.75, 3.05) is 6.54 Å². The molecule has 0 aliphatic carbocycles. The fraction of sp³-hybridized carbons (Fsp3) is 0.917. The quantitative estimate of drug-likeness (QED) is 0.567. The third-order valence-electron chi connectivity index (χ3n) is 2.36. The monoisotopic (exact) mass is 199 g/mol. The summed E-state index contributed by atoms with van der Waals surface area (Å²) in [6, 6.07) is 0. The van der Waals surface area contributed by atoms with E-state index in [-0.39, 0.29) is 5.91 Å². The lowest BCUT2D eigenvalue weighted by molar-refractivity contribution is -0.121. The number of hydrogen-bond donors (Lipinski definition) is 1. The Labute approximate surface area is 88.5 Å². The van der Waals surface area contributed by atoms with Crippen molar-refractivity contribution in [3.8, 4) is 0 Å². The Balaban J connectivity index is 3.11. The van der Waals surface area contributed by atoms with E-state index in [1.165, 1.54) is 32.1 Å². The van der Waals surface area contributed by atoms with E-state index in [1.54, 1.807) is 0 Å². The summed E-state index contributed by atoms with van der Waals surface area (Å²) >= 11 is 0.